The molecule has 0 aromatic carbocycles. The largest absolute Gasteiger partial charge is 0.480 e. The molecule has 0 aromatic rings. The van der Waals surface area contributed by atoms with Gasteiger partial charge in [-0.25, -0.2) is 4.79 Å². The van der Waals surface area contributed by atoms with Gasteiger partial charge < -0.3 is 75.7 Å². The molecule has 26 heteroatoms. The van der Waals surface area contributed by atoms with Crippen molar-refractivity contribution in [3.63, 3.8) is 0 Å². The number of aliphatic hydroxyl groups is 1. The number of nitrogens with two attached hydrogens (primary N) is 4. The van der Waals surface area contributed by atoms with Gasteiger partial charge in [0.05, 0.1) is 12.6 Å². The molecule has 0 heterocycles. The molecule has 0 bridgehead atoms. The number of aliphatic hydroxyl groups excluding tert-OH is 1. The first kappa shape index (κ1) is 61.4. The highest BCUT2D eigenvalue weighted by atomic mass is 32.2. The summed E-state index contributed by atoms with van der Waals surface area (Å²) >= 11 is 1.31. The summed E-state index contributed by atoms with van der Waals surface area (Å²) in [6, 6.07) is -11.1. The monoisotopic (exact) mass is 975 g/mol. The molecule has 0 aliphatic heterocycles. The summed E-state index contributed by atoms with van der Waals surface area (Å²) in [6.07, 6.45) is -0.574. The van der Waals surface area contributed by atoms with Crippen molar-refractivity contribution < 1.29 is 63.0 Å². The van der Waals surface area contributed by atoms with Gasteiger partial charge in [0.2, 0.25) is 59.1 Å². The lowest BCUT2D eigenvalue weighted by atomic mass is 10.0. The molecular formula is C41H74N12O13S. The molecular weight excluding hydrogens is 901 g/mol. The molecule has 0 saturated carbocycles. The van der Waals surface area contributed by atoms with Crippen molar-refractivity contribution in [2.24, 2.45) is 34.8 Å². The lowest BCUT2D eigenvalue weighted by molar-refractivity contribution is -0.142. The first-order chi connectivity index (χ1) is 31.3. The van der Waals surface area contributed by atoms with Crippen molar-refractivity contribution in [3.8, 4) is 0 Å². The van der Waals surface area contributed by atoms with Crippen LogP contribution in [0.2, 0.25) is 0 Å². The third kappa shape index (κ3) is 24.7. The lowest BCUT2D eigenvalue weighted by Gasteiger charge is -2.29. The van der Waals surface area contributed by atoms with Gasteiger partial charge in [0, 0.05) is 12.8 Å². The van der Waals surface area contributed by atoms with Gasteiger partial charge in [-0.2, -0.15) is 11.8 Å². The lowest BCUT2D eigenvalue weighted by Crippen LogP contribution is -2.62. The number of unbranched alkanes of at least 4 members (excludes halogenated alkanes) is 1. The third-order valence-electron chi connectivity index (χ3n) is 10.0. The Bertz CT molecular complexity index is 1700. The number of rotatable bonds is 34. The summed E-state index contributed by atoms with van der Waals surface area (Å²) in [7, 11) is 0. The maximum atomic E-state index is 13.8. The Morgan fingerprint density at radius 1 is 0.522 bits per heavy atom. The van der Waals surface area contributed by atoms with Crippen LogP contribution in [0.3, 0.4) is 0 Å². The Hall–Kier alpha value is -5.60. The molecule has 382 valence electrons. The number of carboxylic acids is 1. The van der Waals surface area contributed by atoms with Crippen molar-refractivity contribution in [2.75, 3.05) is 25.1 Å². The van der Waals surface area contributed by atoms with Gasteiger partial charge in [-0.15, -0.1) is 0 Å². The first-order valence-corrected chi connectivity index (χ1v) is 23.5. The maximum Gasteiger partial charge on any atom is 0.326 e. The Balaban J connectivity index is 6.43. The second-order valence-electron chi connectivity index (χ2n) is 16.8. The van der Waals surface area contributed by atoms with Crippen LogP contribution < -0.4 is 65.5 Å². The molecule has 0 spiro atoms. The number of primary amides is 2. The molecule has 9 atom stereocenters. The summed E-state index contributed by atoms with van der Waals surface area (Å²) in [6.45, 7) is 9.24. The van der Waals surface area contributed by atoms with E-state index in [4.69, 9.17) is 22.9 Å². The molecule has 67 heavy (non-hydrogen) atoms. The third-order valence-corrected chi connectivity index (χ3v) is 10.7. The number of amides is 10. The van der Waals surface area contributed by atoms with E-state index in [1.807, 2.05) is 0 Å². The molecule has 25 nitrogen and oxygen atoms in total. The zero-order valence-electron chi connectivity index (χ0n) is 39.4. The molecule has 0 aliphatic rings. The van der Waals surface area contributed by atoms with Gasteiger partial charge in [-0.3, -0.25) is 47.9 Å². The highest BCUT2D eigenvalue weighted by Gasteiger charge is 2.36. The number of hydrogen-bond donors (Lipinski definition) is 14. The quantitative estimate of drug-likeness (QED) is 0.0270. The molecule has 0 unspecified atom stereocenters. The molecule has 10 amide bonds. The van der Waals surface area contributed by atoms with E-state index in [-0.39, 0.29) is 57.0 Å². The Morgan fingerprint density at radius 2 is 0.970 bits per heavy atom. The van der Waals surface area contributed by atoms with E-state index < -0.39 is 132 Å². The number of carbonyl (C=O) groups excluding carboxylic acids is 10. The number of hydrogen-bond acceptors (Lipinski definition) is 15. The van der Waals surface area contributed by atoms with Gasteiger partial charge >= 0.3 is 5.97 Å². The fourth-order valence-corrected chi connectivity index (χ4v) is 6.71. The second kappa shape index (κ2) is 32.2. The second-order valence-corrected chi connectivity index (χ2v) is 17.8. The highest BCUT2D eigenvalue weighted by Crippen LogP contribution is 2.11. The summed E-state index contributed by atoms with van der Waals surface area (Å²) in [5.74, 6) is -10.2. The Morgan fingerprint density at radius 3 is 1.43 bits per heavy atom. The van der Waals surface area contributed by atoms with Crippen molar-refractivity contribution >= 4 is 76.8 Å². The first-order valence-electron chi connectivity index (χ1n) is 22.1. The average molecular weight is 975 g/mol. The van der Waals surface area contributed by atoms with Crippen molar-refractivity contribution in [1.82, 2.24) is 42.5 Å². The molecule has 0 aromatic heterocycles. The summed E-state index contributed by atoms with van der Waals surface area (Å²) in [5, 5.41) is 40.0. The van der Waals surface area contributed by atoms with Gasteiger partial charge in [0.25, 0.3) is 0 Å². The number of aliphatic carboxylic acids is 1. The number of nitrogens with one attached hydrogen (secondary N) is 8. The minimum absolute atomic E-state index is 0.0113. The minimum atomic E-state index is -1.77. The van der Waals surface area contributed by atoms with Crippen LogP contribution in [0, 0.1) is 11.8 Å². The zero-order valence-corrected chi connectivity index (χ0v) is 40.3. The smallest absolute Gasteiger partial charge is 0.326 e. The van der Waals surface area contributed by atoms with Crippen LogP contribution in [0.1, 0.15) is 99.3 Å². The Kier molecular flexibility index (Phi) is 29.5. The van der Waals surface area contributed by atoms with E-state index in [2.05, 4.69) is 42.5 Å². The van der Waals surface area contributed by atoms with Gasteiger partial charge in [-0.05, 0) is 89.2 Å². The molecule has 0 saturated heterocycles. The standard InChI is InChI=1S/C41H74N12O13S/c1-20(2)18-28(51-34(58)22(5)46-39(63)32(21(3)4)52-31(57)19-43)38(62)48-25(11-13-29(44)55)37(61)53-33(23(6)54)40(64)49-26(15-17-67-7)36(60)47-24(10-8-9-16-42)35(59)50-27(41(65)66)12-14-30(45)56/h20-28,32-33,54H,8-19,42-43H2,1-7H3,(H2,44,55)(H2,45,56)(H,46,63)(H,47,60)(H,48,62)(H,49,64)(H,50,59)(H,51,58)(H,52,57)(H,53,61)(H,65,66)/t22-,23+,24-,25-,26-,27-,28-,32-,33-/m0/s1. The van der Waals surface area contributed by atoms with Crippen LogP contribution in [0.15, 0.2) is 0 Å². The van der Waals surface area contributed by atoms with Crippen LogP contribution in [0.5, 0.6) is 0 Å². The summed E-state index contributed by atoms with van der Waals surface area (Å²) in [5.41, 5.74) is 21.5. The van der Waals surface area contributed by atoms with Crippen LogP contribution in [-0.2, 0) is 52.7 Å². The minimum Gasteiger partial charge on any atom is -0.480 e. The summed E-state index contributed by atoms with van der Waals surface area (Å²) < 4.78 is 0. The van der Waals surface area contributed by atoms with Crippen LogP contribution in [0.25, 0.3) is 0 Å². The zero-order chi connectivity index (χ0) is 51.6. The fourth-order valence-electron chi connectivity index (χ4n) is 6.24. The molecule has 0 fully saturated rings. The van der Waals surface area contributed by atoms with E-state index >= 15 is 0 Å². The molecule has 0 rings (SSSR count). The molecule has 18 N–H and O–H groups in total. The van der Waals surface area contributed by atoms with Crippen LogP contribution in [-0.4, -0.2) is 155 Å². The maximum absolute atomic E-state index is 13.8. The highest BCUT2D eigenvalue weighted by molar-refractivity contribution is 7.98. The topological polar surface area (TPSA) is 429 Å². The van der Waals surface area contributed by atoms with Crippen LogP contribution in [0.4, 0.5) is 0 Å². The van der Waals surface area contributed by atoms with Crippen molar-refractivity contribution in [3.05, 3.63) is 0 Å². The van der Waals surface area contributed by atoms with Gasteiger partial charge in [-0.1, -0.05) is 27.7 Å². The van der Waals surface area contributed by atoms with Gasteiger partial charge in [0.1, 0.15) is 48.3 Å². The summed E-state index contributed by atoms with van der Waals surface area (Å²) in [4.78, 5) is 142. The number of carboxylic acid groups (broad SMARTS) is 1. The number of carbonyl (C=O) groups is 11. The predicted molar refractivity (Wildman–Crippen MR) is 247 cm³/mol. The van der Waals surface area contributed by atoms with E-state index in [1.54, 1.807) is 34.0 Å². The average Bonchev–Trinajstić information content (AvgIpc) is 3.24. The number of thioether (sulfide) groups is 1. The van der Waals surface area contributed by atoms with Crippen molar-refractivity contribution in [2.45, 2.75) is 154 Å². The van der Waals surface area contributed by atoms with E-state index in [1.165, 1.54) is 18.7 Å². The van der Waals surface area contributed by atoms with Crippen LogP contribution >= 0.6 is 11.8 Å². The SMILES string of the molecule is CSCC[C@H](NC(=O)[C@@H](NC(=O)[C@H](CCC(N)=O)NC(=O)[C@H](CC(C)C)NC(=O)[C@H](C)NC(=O)[C@@H](NC(=O)CN)C(C)C)[C@@H](C)O)C(=O)N[C@@H](CCCCN)C(=O)N[C@@H](CCC(N)=O)C(=O)O. The van der Waals surface area contributed by atoms with E-state index in [0.29, 0.717) is 18.6 Å². The Labute approximate surface area is 395 Å². The van der Waals surface area contributed by atoms with E-state index in [0.717, 1.165) is 6.92 Å². The van der Waals surface area contributed by atoms with Crippen molar-refractivity contribution in [1.29, 1.82) is 0 Å². The normalized spacial score (nSPS) is 15.2. The fraction of sp³-hybridized carbons (Fsp3) is 0.732. The van der Waals surface area contributed by atoms with Gasteiger partial charge in [0.15, 0.2) is 0 Å². The molecule has 0 radical (unpaired) electrons. The predicted octanol–water partition coefficient (Wildman–Crippen LogP) is -4.58. The molecule has 0 aliphatic carbocycles. The van der Waals surface area contributed by atoms with E-state index in [9.17, 15) is 63.0 Å².